The molecule has 0 fully saturated rings. The molecule has 0 saturated carbocycles. The van der Waals surface area contributed by atoms with Crippen molar-refractivity contribution in [3.05, 3.63) is 35.9 Å². The van der Waals surface area contributed by atoms with Crippen LogP contribution in [-0.4, -0.2) is 19.1 Å². The first-order valence-electron chi connectivity index (χ1n) is 5.19. The first kappa shape index (κ1) is 13.6. The van der Waals surface area contributed by atoms with Gasteiger partial charge in [-0.1, -0.05) is 52.7 Å². The Morgan fingerprint density at radius 3 is 2.76 bits per heavy atom. The van der Waals surface area contributed by atoms with E-state index in [4.69, 9.17) is 11.2 Å². The highest BCUT2D eigenvalue weighted by Crippen LogP contribution is 2.31. The van der Waals surface area contributed by atoms with E-state index in [0.29, 0.717) is 6.54 Å². The third-order valence-electron chi connectivity index (χ3n) is 2.26. The van der Waals surface area contributed by atoms with Crippen LogP contribution >= 0.6 is 15.9 Å². The Labute approximate surface area is 110 Å². The number of hydrogen-bond donors (Lipinski definition) is 1. The number of rotatable bonds is 5. The molecule has 0 heterocycles. The topological polar surface area (TPSA) is 38.3 Å². The van der Waals surface area contributed by atoms with Crippen LogP contribution in [0, 0.1) is 12.5 Å². The molecule has 3 nitrogen and oxygen atoms in total. The second kappa shape index (κ2) is 6.31. The van der Waals surface area contributed by atoms with Crippen molar-refractivity contribution in [2.45, 2.75) is 11.2 Å². The average molecular weight is 296 g/mol. The number of halogens is 1. The Balaban J connectivity index is 2.59. The van der Waals surface area contributed by atoms with Crippen molar-refractivity contribution in [3.63, 3.8) is 0 Å². The molecule has 0 aromatic heterocycles. The summed E-state index contributed by atoms with van der Waals surface area (Å²) in [5.74, 6) is -0.331. The second-order valence-corrected chi connectivity index (χ2v) is 5.16. The third-order valence-corrected chi connectivity index (χ3v) is 3.04. The van der Waals surface area contributed by atoms with Crippen LogP contribution in [-0.2, 0) is 13.9 Å². The lowest BCUT2D eigenvalue weighted by Crippen LogP contribution is -2.30. The van der Waals surface area contributed by atoms with Gasteiger partial charge < -0.3 is 10.1 Å². The van der Waals surface area contributed by atoms with Gasteiger partial charge >= 0.3 is 5.97 Å². The first-order chi connectivity index (χ1) is 8.09. The lowest BCUT2D eigenvalue weighted by molar-refractivity contribution is -0.145. The summed E-state index contributed by atoms with van der Waals surface area (Å²) in [4.78, 5) is 11.9. The number of hydrogen-bond acceptors (Lipinski definition) is 3. The Kier molecular flexibility index (Phi) is 5.05. The van der Waals surface area contributed by atoms with Gasteiger partial charge in [-0.25, -0.2) is 0 Å². The van der Waals surface area contributed by atoms with Gasteiger partial charge in [0.25, 0.3) is 0 Å². The van der Waals surface area contributed by atoms with Crippen LogP contribution in [0.4, 0.5) is 0 Å². The van der Waals surface area contributed by atoms with Crippen molar-refractivity contribution in [2.75, 3.05) is 13.2 Å². The lowest BCUT2D eigenvalue weighted by atomic mass is 10.0. The van der Waals surface area contributed by atoms with Gasteiger partial charge in [-0.3, -0.25) is 4.79 Å². The molecule has 17 heavy (non-hydrogen) atoms. The number of carbonyl (C=O) groups excluding carboxylic acids is 1. The van der Waals surface area contributed by atoms with E-state index in [2.05, 4.69) is 27.3 Å². The molecule has 1 aromatic carbocycles. The molecule has 0 aliphatic rings. The molecule has 0 saturated heterocycles. The van der Waals surface area contributed by atoms with Crippen LogP contribution in [0.25, 0.3) is 0 Å². The molecule has 0 amide bonds. The smallest absolute Gasteiger partial charge is 0.327 e. The zero-order valence-corrected chi connectivity index (χ0v) is 11.2. The molecule has 1 unspecified atom stereocenters. The van der Waals surface area contributed by atoms with E-state index < -0.39 is 4.32 Å². The average Bonchev–Trinajstić information content (AvgIpc) is 2.35. The largest absolute Gasteiger partial charge is 0.462 e. The summed E-state index contributed by atoms with van der Waals surface area (Å²) in [6.07, 6.45) is 5.01. The highest BCUT2D eigenvalue weighted by molar-refractivity contribution is 9.10. The van der Waals surface area contributed by atoms with Crippen molar-refractivity contribution in [3.8, 4) is 12.5 Å². The predicted molar refractivity (Wildman–Crippen MR) is 70.5 cm³/mol. The lowest BCUT2D eigenvalue weighted by Gasteiger charge is -2.21. The van der Waals surface area contributed by atoms with Crippen molar-refractivity contribution >= 4 is 21.9 Å². The van der Waals surface area contributed by atoms with E-state index in [1.54, 1.807) is 6.92 Å². The number of benzene rings is 1. The van der Waals surface area contributed by atoms with Crippen LogP contribution in [0.1, 0.15) is 12.5 Å². The van der Waals surface area contributed by atoms with Crippen LogP contribution in [0.3, 0.4) is 0 Å². The van der Waals surface area contributed by atoms with Crippen molar-refractivity contribution in [1.29, 1.82) is 0 Å². The van der Waals surface area contributed by atoms with Gasteiger partial charge in [-0.05, 0) is 12.5 Å². The summed E-state index contributed by atoms with van der Waals surface area (Å²) in [5, 5.41) is 2.63. The van der Waals surface area contributed by atoms with Crippen LogP contribution < -0.4 is 5.32 Å². The van der Waals surface area contributed by atoms with Gasteiger partial charge in [0.15, 0.2) is 0 Å². The Bertz CT molecular complexity index is 409. The maximum atomic E-state index is 11.9. The molecule has 0 radical (unpaired) electrons. The number of alkyl halides is 1. The molecule has 0 aliphatic carbocycles. The number of terminal acetylenes is 1. The minimum absolute atomic E-state index is 0.247. The monoisotopic (exact) mass is 295 g/mol. The fourth-order valence-corrected chi connectivity index (χ4v) is 1.65. The SMILES string of the molecule is C#CNCCOC(=O)C(C)(Br)c1ccccc1. The van der Waals surface area contributed by atoms with Crippen molar-refractivity contribution in [2.24, 2.45) is 0 Å². The maximum Gasteiger partial charge on any atom is 0.327 e. The normalized spacial score (nSPS) is 13.2. The summed E-state index contributed by atoms with van der Waals surface area (Å²) in [6, 6.07) is 11.7. The molecular formula is C13H14BrNO2. The number of nitrogens with one attached hydrogen (secondary N) is 1. The summed E-state index contributed by atoms with van der Waals surface area (Å²) in [5.41, 5.74) is 0.856. The summed E-state index contributed by atoms with van der Waals surface area (Å²) < 4.78 is 4.29. The van der Waals surface area contributed by atoms with Gasteiger partial charge in [0.1, 0.15) is 10.9 Å². The fourth-order valence-electron chi connectivity index (χ4n) is 1.27. The van der Waals surface area contributed by atoms with E-state index in [0.717, 1.165) is 5.56 Å². The summed E-state index contributed by atoms with van der Waals surface area (Å²) in [6.45, 7) is 2.45. The minimum Gasteiger partial charge on any atom is -0.462 e. The van der Waals surface area contributed by atoms with Gasteiger partial charge in [0.05, 0.1) is 6.54 Å². The van der Waals surface area contributed by atoms with E-state index in [1.807, 2.05) is 30.3 Å². The summed E-state index contributed by atoms with van der Waals surface area (Å²) in [7, 11) is 0. The molecule has 0 bridgehead atoms. The second-order valence-electron chi connectivity index (χ2n) is 3.58. The first-order valence-corrected chi connectivity index (χ1v) is 5.98. The molecule has 90 valence electrons. The zero-order chi connectivity index (χ0) is 12.7. The van der Waals surface area contributed by atoms with Crippen LogP contribution in [0.15, 0.2) is 30.3 Å². The Hall–Kier alpha value is -1.47. The van der Waals surface area contributed by atoms with Crippen LogP contribution in [0.2, 0.25) is 0 Å². The third kappa shape index (κ3) is 3.79. The maximum absolute atomic E-state index is 11.9. The number of carbonyl (C=O) groups is 1. The molecule has 0 spiro atoms. The van der Waals surface area contributed by atoms with Crippen molar-refractivity contribution < 1.29 is 9.53 Å². The minimum atomic E-state index is -0.829. The molecule has 1 N–H and O–H groups in total. The van der Waals surface area contributed by atoms with Crippen LogP contribution in [0.5, 0.6) is 0 Å². The Morgan fingerprint density at radius 2 is 2.18 bits per heavy atom. The van der Waals surface area contributed by atoms with Gasteiger partial charge in [-0.15, -0.1) is 0 Å². The number of ether oxygens (including phenoxy) is 1. The number of esters is 1. The van der Waals surface area contributed by atoms with E-state index in [-0.39, 0.29) is 12.6 Å². The van der Waals surface area contributed by atoms with E-state index >= 15 is 0 Å². The van der Waals surface area contributed by atoms with Gasteiger partial charge in [0, 0.05) is 6.04 Å². The highest BCUT2D eigenvalue weighted by Gasteiger charge is 2.33. The zero-order valence-electron chi connectivity index (χ0n) is 9.57. The molecule has 1 aromatic rings. The fraction of sp³-hybridized carbons (Fsp3) is 0.308. The quantitative estimate of drug-likeness (QED) is 0.297. The molecular weight excluding hydrogens is 282 g/mol. The van der Waals surface area contributed by atoms with E-state index in [9.17, 15) is 4.79 Å². The Morgan fingerprint density at radius 1 is 1.53 bits per heavy atom. The van der Waals surface area contributed by atoms with Gasteiger partial charge in [-0.2, -0.15) is 0 Å². The van der Waals surface area contributed by atoms with Gasteiger partial charge in [0.2, 0.25) is 0 Å². The summed E-state index contributed by atoms with van der Waals surface area (Å²) >= 11 is 3.39. The molecule has 4 heteroatoms. The predicted octanol–water partition coefficient (Wildman–Crippen LogP) is 2.02. The standard InChI is InChI=1S/C13H14BrNO2/c1-3-15-9-10-17-12(16)13(2,14)11-7-5-4-6-8-11/h1,4-8,15H,9-10H2,2H3. The van der Waals surface area contributed by atoms with E-state index in [1.165, 1.54) is 0 Å². The molecule has 1 atom stereocenters. The highest BCUT2D eigenvalue weighted by atomic mass is 79.9. The van der Waals surface area contributed by atoms with Crippen molar-refractivity contribution in [1.82, 2.24) is 5.32 Å². The molecule has 0 aliphatic heterocycles. The molecule has 1 rings (SSSR count).